The maximum Gasteiger partial charge on any atom is 0.217 e. The van der Waals surface area contributed by atoms with Gasteiger partial charge in [0, 0.05) is 24.9 Å². The molecule has 0 saturated carbocycles. The number of hydrogen-bond donors (Lipinski definition) is 1. The molecule has 3 nitrogen and oxygen atoms in total. The van der Waals surface area contributed by atoms with Crippen LogP contribution in [-0.2, 0) is 4.79 Å². The van der Waals surface area contributed by atoms with Gasteiger partial charge in [0.2, 0.25) is 5.91 Å². The number of aromatic nitrogens is 1. The summed E-state index contributed by atoms with van der Waals surface area (Å²) in [7, 11) is 0. The lowest BCUT2D eigenvalue weighted by atomic mass is 10.3. The highest BCUT2D eigenvalue weighted by Crippen LogP contribution is 1.90. The average molecular weight is 174 g/mol. The Morgan fingerprint density at radius 2 is 2.54 bits per heavy atom. The molecule has 0 bridgehead atoms. The first kappa shape index (κ1) is 9.27. The summed E-state index contributed by atoms with van der Waals surface area (Å²) in [5, 5.41) is 2.58. The third-order valence-electron chi connectivity index (χ3n) is 1.32. The van der Waals surface area contributed by atoms with Crippen molar-refractivity contribution in [3.05, 3.63) is 30.1 Å². The van der Waals surface area contributed by atoms with E-state index in [9.17, 15) is 4.79 Å². The van der Waals surface area contributed by atoms with E-state index in [1.165, 1.54) is 6.92 Å². The third kappa shape index (κ3) is 3.92. The van der Waals surface area contributed by atoms with Crippen LogP contribution in [0.1, 0.15) is 12.5 Å². The Morgan fingerprint density at radius 3 is 3.15 bits per heavy atom. The highest BCUT2D eigenvalue weighted by molar-refractivity contribution is 5.73. The molecule has 1 heterocycles. The van der Waals surface area contributed by atoms with Gasteiger partial charge < -0.3 is 5.32 Å². The maximum absolute atomic E-state index is 10.5. The Labute approximate surface area is 77.2 Å². The van der Waals surface area contributed by atoms with E-state index >= 15 is 0 Å². The van der Waals surface area contributed by atoms with Crippen LogP contribution in [0.25, 0.3) is 0 Å². The van der Waals surface area contributed by atoms with Gasteiger partial charge in [-0.3, -0.25) is 9.78 Å². The van der Waals surface area contributed by atoms with E-state index in [1.807, 2.05) is 12.1 Å². The average Bonchev–Trinajstić information content (AvgIpc) is 2.14. The molecule has 0 aromatic carbocycles. The van der Waals surface area contributed by atoms with Crippen LogP contribution >= 0.6 is 0 Å². The molecule has 1 aromatic rings. The summed E-state index contributed by atoms with van der Waals surface area (Å²) in [4.78, 5) is 14.4. The number of carbonyl (C=O) groups is 1. The molecule has 13 heavy (non-hydrogen) atoms. The summed E-state index contributed by atoms with van der Waals surface area (Å²) < 4.78 is 0. The molecule has 1 aromatic heterocycles. The fourth-order valence-electron chi connectivity index (χ4n) is 0.752. The van der Waals surface area contributed by atoms with Crippen LogP contribution in [0.3, 0.4) is 0 Å². The number of hydrogen-bond acceptors (Lipinski definition) is 2. The van der Waals surface area contributed by atoms with Gasteiger partial charge >= 0.3 is 0 Å². The molecule has 3 heteroatoms. The molecule has 0 aliphatic heterocycles. The molecule has 0 aliphatic carbocycles. The van der Waals surface area contributed by atoms with Crippen molar-refractivity contribution in [1.29, 1.82) is 0 Å². The van der Waals surface area contributed by atoms with Gasteiger partial charge in [-0.15, -0.1) is 0 Å². The minimum Gasteiger partial charge on any atom is -0.345 e. The van der Waals surface area contributed by atoms with Gasteiger partial charge in [-0.2, -0.15) is 0 Å². The molecule has 0 fully saturated rings. The van der Waals surface area contributed by atoms with Crippen LogP contribution in [0.2, 0.25) is 0 Å². The topological polar surface area (TPSA) is 42.0 Å². The first-order valence-corrected chi connectivity index (χ1v) is 3.92. The normalized spacial score (nSPS) is 8.38. The number of rotatable bonds is 1. The van der Waals surface area contributed by atoms with Crippen molar-refractivity contribution >= 4 is 5.91 Å². The van der Waals surface area contributed by atoms with Crippen LogP contribution in [0.4, 0.5) is 0 Å². The van der Waals surface area contributed by atoms with E-state index in [0.29, 0.717) is 6.54 Å². The number of carbonyl (C=O) groups excluding carboxylic acids is 1. The Hall–Kier alpha value is -1.82. The molecule has 66 valence electrons. The molecule has 0 spiro atoms. The van der Waals surface area contributed by atoms with Crippen LogP contribution in [-0.4, -0.2) is 17.4 Å². The minimum atomic E-state index is -0.0690. The lowest BCUT2D eigenvalue weighted by molar-refractivity contribution is -0.118. The fourth-order valence-corrected chi connectivity index (χ4v) is 0.752. The zero-order chi connectivity index (χ0) is 9.52. The van der Waals surface area contributed by atoms with Crippen molar-refractivity contribution in [2.24, 2.45) is 0 Å². The molecule has 0 atom stereocenters. The Balaban J connectivity index is 2.44. The second-order valence-electron chi connectivity index (χ2n) is 2.45. The SMILES string of the molecule is CC(=O)NCC#Cc1cccnc1. The van der Waals surface area contributed by atoms with Crippen molar-refractivity contribution in [2.45, 2.75) is 6.92 Å². The lowest BCUT2D eigenvalue weighted by Gasteiger charge is -1.91. The minimum absolute atomic E-state index is 0.0690. The van der Waals surface area contributed by atoms with Crippen molar-refractivity contribution < 1.29 is 4.79 Å². The predicted molar refractivity (Wildman–Crippen MR) is 49.8 cm³/mol. The number of nitrogens with one attached hydrogen (secondary N) is 1. The number of pyridine rings is 1. The van der Waals surface area contributed by atoms with Crippen molar-refractivity contribution in [3.8, 4) is 11.8 Å². The van der Waals surface area contributed by atoms with E-state index in [1.54, 1.807) is 12.4 Å². The zero-order valence-corrected chi connectivity index (χ0v) is 7.37. The quantitative estimate of drug-likeness (QED) is 0.632. The van der Waals surface area contributed by atoms with Gasteiger partial charge in [0.1, 0.15) is 0 Å². The van der Waals surface area contributed by atoms with E-state index in [2.05, 4.69) is 22.1 Å². The molecule has 0 radical (unpaired) electrons. The molecule has 1 rings (SSSR count). The zero-order valence-electron chi connectivity index (χ0n) is 7.37. The molecule has 0 aliphatic rings. The second-order valence-corrected chi connectivity index (χ2v) is 2.45. The first-order chi connectivity index (χ1) is 6.29. The van der Waals surface area contributed by atoms with Crippen molar-refractivity contribution in [1.82, 2.24) is 10.3 Å². The molecular weight excluding hydrogens is 164 g/mol. The summed E-state index contributed by atoms with van der Waals surface area (Å²) in [6, 6.07) is 3.69. The van der Waals surface area contributed by atoms with Gasteiger partial charge in [-0.05, 0) is 12.1 Å². The smallest absolute Gasteiger partial charge is 0.217 e. The molecule has 0 saturated heterocycles. The Bertz CT molecular complexity index is 335. The largest absolute Gasteiger partial charge is 0.345 e. The Morgan fingerprint density at radius 1 is 1.69 bits per heavy atom. The predicted octanol–water partition coefficient (Wildman–Crippen LogP) is 0.569. The fraction of sp³-hybridized carbons (Fsp3) is 0.200. The number of amides is 1. The Kier molecular flexibility index (Phi) is 3.52. The van der Waals surface area contributed by atoms with Gasteiger partial charge in [0.15, 0.2) is 0 Å². The van der Waals surface area contributed by atoms with Gasteiger partial charge in [0.25, 0.3) is 0 Å². The second kappa shape index (κ2) is 4.94. The summed E-state index contributed by atoms with van der Waals surface area (Å²) in [6.07, 6.45) is 3.37. The highest BCUT2D eigenvalue weighted by atomic mass is 16.1. The van der Waals surface area contributed by atoms with Gasteiger partial charge in [0.05, 0.1) is 6.54 Å². The highest BCUT2D eigenvalue weighted by Gasteiger charge is 1.84. The summed E-state index contributed by atoms with van der Waals surface area (Å²) in [5.41, 5.74) is 0.854. The van der Waals surface area contributed by atoms with Crippen LogP contribution in [0, 0.1) is 11.8 Å². The summed E-state index contributed by atoms with van der Waals surface area (Å²) >= 11 is 0. The van der Waals surface area contributed by atoms with Crippen LogP contribution in [0.15, 0.2) is 24.5 Å². The molecule has 1 amide bonds. The van der Waals surface area contributed by atoms with Crippen molar-refractivity contribution in [2.75, 3.05) is 6.54 Å². The van der Waals surface area contributed by atoms with Gasteiger partial charge in [-0.1, -0.05) is 11.8 Å². The first-order valence-electron chi connectivity index (χ1n) is 3.92. The number of nitrogens with zero attached hydrogens (tertiary/aromatic N) is 1. The third-order valence-corrected chi connectivity index (χ3v) is 1.32. The molecular formula is C10H10N2O. The summed E-state index contributed by atoms with van der Waals surface area (Å²) in [6.45, 7) is 1.84. The van der Waals surface area contributed by atoms with Crippen LogP contribution in [0.5, 0.6) is 0 Å². The molecule has 1 N–H and O–H groups in total. The lowest BCUT2D eigenvalue weighted by Crippen LogP contribution is -2.19. The van der Waals surface area contributed by atoms with E-state index in [-0.39, 0.29) is 5.91 Å². The molecule has 0 unspecified atom stereocenters. The monoisotopic (exact) mass is 174 g/mol. The summed E-state index contributed by atoms with van der Waals surface area (Å²) in [5.74, 6) is 5.61. The van der Waals surface area contributed by atoms with E-state index < -0.39 is 0 Å². The standard InChI is InChI=1S/C10H10N2O/c1-9(13)12-7-3-5-10-4-2-6-11-8-10/h2,4,6,8H,7H2,1H3,(H,12,13). The van der Waals surface area contributed by atoms with E-state index in [4.69, 9.17) is 0 Å². The van der Waals surface area contributed by atoms with Gasteiger partial charge in [-0.25, -0.2) is 0 Å². The maximum atomic E-state index is 10.5. The van der Waals surface area contributed by atoms with Crippen LogP contribution < -0.4 is 5.32 Å². The van der Waals surface area contributed by atoms with Crippen molar-refractivity contribution in [3.63, 3.8) is 0 Å². The van der Waals surface area contributed by atoms with E-state index in [0.717, 1.165) is 5.56 Å².